The molecule has 0 aliphatic carbocycles. The van der Waals surface area contributed by atoms with E-state index in [1.54, 1.807) is 0 Å². The van der Waals surface area contributed by atoms with E-state index in [0.717, 1.165) is 64.2 Å². The summed E-state index contributed by atoms with van der Waals surface area (Å²) in [7, 11) is 0. The second-order valence-corrected chi connectivity index (χ2v) is 8.30. The third kappa shape index (κ3) is 26.2. The Morgan fingerprint density at radius 3 is 1.66 bits per heavy atom. The van der Waals surface area contributed by atoms with Crippen molar-refractivity contribution in [3.8, 4) is 0 Å². The molecule has 0 unspecified atom stereocenters. The largest absolute Gasteiger partial charge is 0.466 e. The van der Waals surface area contributed by atoms with E-state index in [9.17, 15) is 4.79 Å². The summed E-state index contributed by atoms with van der Waals surface area (Å²) in [6.45, 7) is 4.99. The third-order valence-corrected chi connectivity index (χ3v) is 5.17. The maximum atomic E-state index is 11.7. The summed E-state index contributed by atoms with van der Waals surface area (Å²) in [6, 6.07) is 0. The van der Waals surface area contributed by atoms with Gasteiger partial charge in [-0.05, 0) is 57.8 Å². The van der Waals surface area contributed by atoms with Crippen LogP contribution in [0.2, 0.25) is 0 Å². The molecule has 2 heteroatoms. The molecule has 0 N–H and O–H groups in total. The number of carbonyl (C=O) groups excluding carboxylic acids is 1. The summed E-state index contributed by atoms with van der Waals surface area (Å²) >= 11 is 0. The highest BCUT2D eigenvalue weighted by molar-refractivity contribution is 5.69. The molecule has 0 fully saturated rings. The second kappa shape index (κ2) is 27.2. The fourth-order valence-electron chi connectivity index (χ4n) is 3.22. The van der Waals surface area contributed by atoms with Gasteiger partial charge in [-0.3, -0.25) is 4.79 Å². The molecule has 0 aromatic carbocycles. The molecule has 0 saturated heterocycles. The number of rotatable bonds is 22. The molecule has 0 aliphatic rings. The normalized spacial score (nSPS) is 12.4. The minimum absolute atomic E-state index is 0.0200. The lowest BCUT2D eigenvalue weighted by Crippen LogP contribution is -2.05. The van der Waals surface area contributed by atoms with Crippen LogP contribution in [0.15, 0.2) is 60.8 Å². The first-order valence-corrected chi connectivity index (χ1v) is 13.2. The maximum absolute atomic E-state index is 11.7. The van der Waals surface area contributed by atoms with Gasteiger partial charge in [0.2, 0.25) is 0 Å². The monoisotopic (exact) mass is 442 g/mol. The fourth-order valence-corrected chi connectivity index (χ4v) is 3.22. The van der Waals surface area contributed by atoms with Crippen LogP contribution in [0.1, 0.15) is 117 Å². The van der Waals surface area contributed by atoms with Gasteiger partial charge in [0, 0.05) is 6.42 Å². The second-order valence-electron chi connectivity index (χ2n) is 8.30. The number of carbonyl (C=O) groups is 1. The van der Waals surface area contributed by atoms with Gasteiger partial charge in [-0.25, -0.2) is 0 Å². The Labute approximate surface area is 199 Å². The Kier molecular flexibility index (Phi) is 25.6. The number of allylic oxidation sites excluding steroid dienone is 10. The number of unbranched alkanes of at least 4 members (excludes halogenated alkanes) is 8. The number of ether oxygens (including phenoxy) is 1. The Morgan fingerprint density at radius 2 is 1.06 bits per heavy atom. The molecule has 0 rings (SSSR count). The quantitative estimate of drug-likeness (QED) is 0.0947. The van der Waals surface area contributed by atoms with Crippen molar-refractivity contribution in [2.24, 2.45) is 0 Å². The van der Waals surface area contributed by atoms with E-state index in [2.05, 4.69) is 74.6 Å². The van der Waals surface area contributed by atoms with Crippen molar-refractivity contribution < 1.29 is 9.53 Å². The molecule has 2 nitrogen and oxygen atoms in total. The van der Waals surface area contributed by atoms with Gasteiger partial charge in [-0.1, -0.05) is 113 Å². The molecule has 182 valence electrons. The van der Waals surface area contributed by atoms with Gasteiger partial charge in [0.1, 0.15) is 0 Å². The van der Waals surface area contributed by atoms with E-state index in [0.29, 0.717) is 13.0 Å². The van der Waals surface area contributed by atoms with Crippen LogP contribution in [0.4, 0.5) is 0 Å². The van der Waals surface area contributed by atoms with Gasteiger partial charge >= 0.3 is 5.97 Å². The Bertz CT molecular complexity index is 537. The zero-order valence-corrected chi connectivity index (χ0v) is 21.1. The van der Waals surface area contributed by atoms with Gasteiger partial charge in [0.25, 0.3) is 0 Å². The average Bonchev–Trinajstić information content (AvgIpc) is 2.80. The molecule has 0 spiro atoms. The number of hydrogen-bond acceptors (Lipinski definition) is 2. The van der Waals surface area contributed by atoms with Crippen LogP contribution in [-0.4, -0.2) is 12.6 Å². The fraction of sp³-hybridized carbons (Fsp3) is 0.633. The highest BCUT2D eigenvalue weighted by Gasteiger charge is 2.02. The van der Waals surface area contributed by atoms with Crippen LogP contribution in [0.5, 0.6) is 0 Å². The molecular weight excluding hydrogens is 392 g/mol. The van der Waals surface area contributed by atoms with Crippen LogP contribution < -0.4 is 0 Å². The molecule has 0 radical (unpaired) electrons. The van der Waals surface area contributed by atoms with E-state index >= 15 is 0 Å². The molecule has 0 atom stereocenters. The van der Waals surface area contributed by atoms with Crippen molar-refractivity contribution in [2.45, 2.75) is 117 Å². The SMILES string of the molecule is CC/C=C\C/C=C\C/C=C\C/C=C\C/C=C\CCCCCC(=O)OCCCCCCCC. The van der Waals surface area contributed by atoms with Gasteiger partial charge < -0.3 is 4.74 Å². The molecule has 0 saturated carbocycles. The average molecular weight is 443 g/mol. The van der Waals surface area contributed by atoms with E-state index in [1.165, 1.54) is 32.1 Å². The van der Waals surface area contributed by atoms with Crippen molar-refractivity contribution in [3.63, 3.8) is 0 Å². The zero-order valence-electron chi connectivity index (χ0n) is 21.1. The minimum atomic E-state index is -0.0200. The van der Waals surface area contributed by atoms with Crippen molar-refractivity contribution in [1.82, 2.24) is 0 Å². The van der Waals surface area contributed by atoms with Crippen molar-refractivity contribution in [2.75, 3.05) is 6.61 Å². The molecule has 0 aliphatic heterocycles. The Hall–Kier alpha value is -1.83. The molecule has 0 aromatic heterocycles. The molecule has 0 heterocycles. The van der Waals surface area contributed by atoms with E-state index in [-0.39, 0.29) is 5.97 Å². The Balaban J connectivity index is 3.41. The first-order valence-electron chi connectivity index (χ1n) is 13.2. The van der Waals surface area contributed by atoms with Crippen LogP contribution in [0.25, 0.3) is 0 Å². The summed E-state index contributed by atoms with van der Waals surface area (Å²) < 4.78 is 5.31. The summed E-state index contributed by atoms with van der Waals surface area (Å²) in [4.78, 5) is 11.7. The lowest BCUT2D eigenvalue weighted by atomic mass is 10.1. The summed E-state index contributed by atoms with van der Waals surface area (Å²) in [5, 5.41) is 0. The van der Waals surface area contributed by atoms with Crippen molar-refractivity contribution in [3.05, 3.63) is 60.8 Å². The van der Waals surface area contributed by atoms with Crippen LogP contribution in [0, 0.1) is 0 Å². The van der Waals surface area contributed by atoms with Gasteiger partial charge in [-0.15, -0.1) is 0 Å². The third-order valence-electron chi connectivity index (χ3n) is 5.17. The molecule has 0 amide bonds. The van der Waals surface area contributed by atoms with E-state index in [1.807, 2.05) is 0 Å². The molecule has 0 bridgehead atoms. The predicted octanol–water partition coefficient (Wildman–Crippen LogP) is 9.59. The van der Waals surface area contributed by atoms with E-state index < -0.39 is 0 Å². The van der Waals surface area contributed by atoms with Crippen molar-refractivity contribution >= 4 is 5.97 Å². The Morgan fingerprint density at radius 1 is 0.562 bits per heavy atom. The van der Waals surface area contributed by atoms with Crippen LogP contribution >= 0.6 is 0 Å². The van der Waals surface area contributed by atoms with Gasteiger partial charge in [0.15, 0.2) is 0 Å². The predicted molar refractivity (Wildman–Crippen MR) is 142 cm³/mol. The van der Waals surface area contributed by atoms with E-state index in [4.69, 9.17) is 4.74 Å². The molecule has 0 aromatic rings. The number of esters is 1. The molecule has 32 heavy (non-hydrogen) atoms. The maximum Gasteiger partial charge on any atom is 0.305 e. The molecular formula is C30H50O2. The standard InChI is InChI=1S/C30H50O2/c1-3-5-7-9-11-12-13-14-15-16-17-18-19-20-21-22-23-24-26-28-30(31)32-29-27-25-10-8-6-4-2/h5,7,11-12,14-15,17-18,20-21H,3-4,6,8-10,13,16,19,22-29H2,1-2H3/b7-5-,12-11-,15-14-,18-17-,21-20-. The summed E-state index contributed by atoms with van der Waals surface area (Å²) in [5.74, 6) is -0.0200. The highest BCUT2D eigenvalue weighted by atomic mass is 16.5. The summed E-state index contributed by atoms with van der Waals surface area (Å²) in [6.07, 6.45) is 39.7. The number of hydrogen-bond donors (Lipinski definition) is 0. The smallest absolute Gasteiger partial charge is 0.305 e. The van der Waals surface area contributed by atoms with Gasteiger partial charge in [-0.2, -0.15) is 0 Å². The van der Waals surface area contributed by atoms with Crippen LogP contribution in [-0.2, 0) is 9.53 Å². The summed E-state index contributed by atoms with van der Waals surface area (Å²) in [5.41, 5.74) is 0. The topological polar surface area (TPSA) is 26.3 Å². The van der Waals surface area contributed by atoms with Crippen LogP contribution in [0.3, 0.4) is 0 Å². The lowest BCUT2D eigenvalue weighted by Gasteiger charge is -2.04. The zero-order chi connectivity index (χ0) is 23.4. The first kappa shape index (κ1) is 30.2. The van der Waals surface area contributed by atoms with Crippen molar-refractivity contribution in [1.29, 1.82) is 0 Å². The first-order chi connectivity index (χ1) is 15.8. The highest BCUT2D eigenvalue weighted by Crippen LogP contribution is 2.07. The minimum Gasteiger partial charge on any atom is -0.466 e. The van der Waals surface area contributed by atoms with Gasteiger partial charge in [0.05, 0.1) is 6.61 Å². The lowest BCUT2D eigenvalue weighted by molar-refractivity contribution is -0.143.